The van der Waals surface area contributed by atoms with Gasteiger partial charge in [0.1, 0.15) is 5.69 Å². The van der Waals surface area contributed by atoms with Crippen LogP contribution in [0, 0.1) is 16.0 Å². The van der Waals surface area contributed by atoms with Crippen LogP contribution in [0.2, 0.25) is 5.02 Å². The predicted molar refractivity (Wildman–Crippen MR) is 77.1 cm³/mol. The summed E-state index contributed by atoms with van der Waals surface area (Å²) in [5, 5.41) is 14.1. The summed E-state index contributed by atoms with van der Waals surface area (Å²) in [7, 11) is 1.60. The van der Waals surface area contributed by atoms with Crippen molar-refractivity contribution in [3.05, 3.63) is 33.3 Å². The minimum atomic E-state index is -0.440. The Labute approximate surface area is 121 Å². The Hall–Kier alpha value is -1.82. The van der Waals surface area contributed by atoms with Crippen LogP contribution in [-0.4, -0.2) is 31.0 Å². The van der Waals surface area contributed by atoms with Gasteiger partial charge in [-0.15, -0.1) is 0 Å². The summed E-state index contributed by atoms with van der Waals surface area (Å²) in [6.45, 7) is 1.19. The van der Waals surface area contributed by atoms with Gasteiger partial charge in [0.25, 0.3) is 5.69 Å². The molecule has 0 aromatic heterocycles. The van der Waals surface area contributed by atoms with Gasteiger partial charge in [0, 0.05) is 31.2 Å². The Kier molecular flexibility index (Phi) is 4.44. The first-order valence-electron chi connectivity index (χ1n) is 6.43. The van der Waals surface area contributed by atoms with Gasteiger partial charge in [-0.05, 0) is 25.0 Å². The standard InChI is InChI=1S/C13H16ClN3O3/c1-15-13(18)9-3-2-6-16(8-9)11-5-4-10(14)7-12(11)17(19)20/h4-5,7,9H,2-3,6,8H2,1H3,(H,15,18). The number of carbonyl (C=O) groups is 1. The molecule has 108 valence electrons. The first-order valence-corrected chi connectivity index (χ1v) is 6.81. The van der Waals surface area contributed by atoms with Crippen LogP contribution in [0.4, 0.5) is 11.4 Å². The van der Waals surface area contributed by atoms with Crippen molar-refractivity contribution in [2.75, 3.05) is 25.0 Å². The third kappa shape index (κ3) is 3.01. The Morgan fingerprint density at radius 1 is 1.55 bits per heavy atom. The lowest BCUT2D eigenvalue weighted by atomic mass is 9.96. The zero-order valence-electron chi connectivity index (χ0n) is 11.1. The second-order valence-electron chi connectivity index (χ2n) is 4.79. The Morgan fingerprint density at radius 2 is 2.30 bits per heavy atom. The molecule has 2 rings (SSSR count). The average molecular weight is 298 g/mol. The van der Waals surface area contributed by atoms with Crippen LogP contribution in [0.5, 0.6) is 0 Å². The first kappa shape index (κ1) is 14.6. The van der Waals surface area contributed by atoms with Gasteiger partial charge in [-0.1, -0.05) is 11.6 Å². The fourth-order valence-corrected chi connectivity index (χ4v) is 2.69. The first-order chi connectivity index (χ1) is 9.52. The fourth-order valence-electron chi connectivity index (χ4n) is 2.52. The van der Waals surface area contributed by atoms with Gasteiger partial charge in [-0.25, -0.2) is 0 Å². The van der Waals surface area contributed by atoms with Crippen molar-refractivity contribution in [2.24, 2.45) is 5.92 Å². The molecule has 1 aromatic carbocycles. The van der Waals surface area contributed by atoms with E-state index in [2.05, 4.69) is 5.32 Å². The molecule has 0 aliphatic carbocycles. The second kappa shape index (κ2) is 6.09. The molecule has 1 saturated heterocycles. The molecule has 1 unspecified atom stereocenters. The number of nitro benzene ring substituents is 1. The van der Waals surface area contributed by atoms with Crippen molar-refractivity contribution in [3.8, 4) is 0 Å². The van der Waals surface area contributed by atoms with Crippen LogP contribution >= 0.6 is 11.6 Å². The molecular weight excluding hydrogens is 282 g/mol. The number of carbonyl (C=O) groups excluding carboxylic acids is 1. The predicted octanol–water partition coefficient (Wildman–Crippen LogP) is 2.21. The molecule has 0 spiro atoms. The number of nitrogens with zero attached hydrogens (tertiary/aromatic N) is 2. The molecule has 1 N–H and O–H groups in total. The number of halogens is 1. The van der Waals surface area contributed by atoms with Crippen molar-refractivity contribution >= 4 is 28.9 Å². The molecule has 1 atom stereocenters. The lowest BCUT2D eigenvalue weighted by molar-refractivity contribution is -0.384. The summed E-state index contributed by atoms with van der Waals surface area (Å²) >= 11 is 5.81. The second-order valence-corrected chi connectivity index (χ2v) is 5.23. The molecule has 1 heterocycles. The molecule has 0 saturated carbocycles. The zero-order valence-corrected chi connectivity index (χ0v) is 11.9. The number of nitrogens with one attached hydrogen (secondary N) is 1. The van der Waals surface area contributed by atoms with Gasteiger partial charge >= 0.3 is 0 Å². The maximum absolute atomic E-state index is 11.7. The van der Waals surface area contributed by atoms with E-state index in [9.17, 15) is 14.9 Å². The molecule has 0 bridgehead atoms. The molecule has 1 aromatic rings. The van der Waals surface area contributed by atoms with E-state index in [-0.39, 0.29) is 17.5 Å². The van der Waals surface area contributed by atoms with E-state index < -0.39 is 4.92 Å². The van der Waals surface area contributed by atoms with Gasteiger partial charge < -0.3 is 10.2 Å². The highest BCUT2D eigenvalue weighted by atomic mass is 35.5. The zero-order chi connectivity index (χ0) is 14.7. The van der Waals surface area contributed by atoms with Gasteiger partial charge in [0.05, 0.1) is 10.8 Å². The Balaban J connectivity index is 2.27. The van der Waals surface area contributed by atoms with Crippen LogP contribution in [-0.2, 0) is 4.79 Å². The average Bonchev–Trinajstić information content (AvgIpc) is 2.46. The van der Waals surface area contributed by atoms with Crippen molar-refractivity contribution in [2.45, 2.75) is 12.8 Å². The number of piperidine rings is 1. The van der Waals surface area contributed by atoms with E-state index in [0.29, 0.717) is 23.8 Å². The van der Waals surface area contributed by atoms with Crippen molar-refractivity contribution < 1.29 is 9.72 Å². The van der Waals surface area contributed by atoms with Crippen molar-refractivity contribution in [3.63, 3.8) is 0 Å². The largest absolute Gasteiger partial charge is 0.365 e. The summed E-state index contributed by atoms with van der Waals surface area (Å²) in [4.78, 5) is 24.3. The molecule has 1 fully saturated rings. The SMILES string of the molecule is CNC(=O)C1CCCN(c2ccc(Cl)cc2[N+](=O)[O-])C1. The highest BCUT2D eigenvalue weighted by molar-refractivity contribution is 6.30. The van der Waals surface area contributed by atoms with Gasteiger partial charge in [0.2, 0.25) is 5.91 Å². The lowest BCUT2D eigenvalue weighted by Crippen LogP contribution is -2.42. The van der Waals surface area contributed by atoms with E-state index in [4.69, 9.17) is 11.6 Å². The van der Waals surface area contributed by atoms with E-state index in [1.54, 1.807) is 19.2 Å². The van der Waals surface area contributed by atoms with E-state index in [0.717, 1.165) is 12.8 Å². The summed E-state index contributed by atoms with van der Waals surface area (Å²) in [5.74, 6) is -0.157. The maximum Gasteiger partial charge on any atom is 0.294 e. The lowest BCUT2D eigenvalue weighted by Gasteiger charge is -2.33. The van der Waals surface area contributed by atoms with E-state index in [1.165, 1.54) is 6.07 Å². The van der Waals surface area contributed by atoms with Gasteiger partial charge in [-0.2, -0.15) is 0 Å². The maximum atomic E-state index is 11.7. The molecule has 6 nitrogen and oxygen atoms in total. The minimum absolute atomic E-state index is 0.0185. The summed E-state index contributed by atoms with van der Waals surface area (Å²) in [5.41, 5.74) is 0.503. The Morgan fingerprint density at radius 3 is 2.95 bits per heavy atom. The number of hydrogen-bond donors (Lipinski definition) is 1. The number of amides is 1. The molecule has 0 radical (unpaired) electrons. The van der Waals surface area contributed by atoms with Gasteiger partial charge in [0.15, 0.2) is 0 Å². The summed E-state index contributed by atoms with van der Waals surface area (Å²) in [6, 6.07) is 4.63. The van der Waals surface area contributed by atoms with Crippen LogP contribution in [0.1, 0.15) is 12.8 Å². The minimum Gasteiger partial charge on any atom is -0.365 e. The summed E-state index contributed by atoms with van der Waals surface area (Å²) in [6.07, 6.45) is 1.63. The van der Waals surface area contributed by atoms with Crippen LogP contribution in [0.25, 0.3) is 0 Å². The quantitative estimate of drug-likeness (QED) is 0.685. The molecule has 20 heavy (non-hydrogen) atoms. The molecule has 1 aliphatic rings. The molecular formula is C13H16ClN3O3. The third-order valence-corrected chi connectivity index (χ3v) is 3.75. The topological polar surface area (TPSA) is 75.5 Å². The third-order valence-electron chi connectivity index (χ3n) is 3.51. The van der Waals surface area contributed by atoms with E-state index >= 15 is 0 Å². The molecule has 1 aliphatic heterocycles. The van der Waals surface area contributed by atoms with Gasteiger partial charge in [-0.3, -0.25) is 14.9 Å². The van der Waals surface area contributed by atoms with Crippen LogP contribution < -0.4 is 10.2 Å². The number of rotatable bonds is 3. The Bertz CT molecular complexity index is 536. The molecule has 1 amide bonds. The summed E-state index contributed by atoms with van der Waals surface area (Å²) < 4.78 is 0. The van der Waals surface area contributed by atoms with Crippen molar-refractivity contribution in [1.29, 1.82) is 0 Å². The normalized spacial score (nSPS) is 18.7. The molecule has 7 heteroatoms. The smallest absolute Gasteiger partial charge is 0.294 e. The van der Waals surface area contributed by atoms with Crippen LogP contribution in [0.3, 0.4) is 0 Å². The number of benzene rings is 1. The fraction of sp³-hybridized carbons (Fsp3) is 0.462. The highest BCUT2D eigenvalue weighted by Gasteiger charge is 2.28. The number of nitro groups is 1. The number of anilines is 1. The van der Waals surface area contributed by atoms with E-state index in [1.807, 2.05) is 4.90 Å². The monoisotopic (exact) mass is 297 g/mol. The number of hydrogen-bond acceptors (Lipinski definition) is 4. The highest BCUT2D eigenvalue weighted by Crippen LogP contribution is 2.33. The van der Waals surface area contributed by atoms with Crippen LogP contribution in [0.15, 0.2) is 18.2 Å². The van der Waals surface area contributed by atoms with Crippen molar-refractivity contribution in [1.82, 2.24) is 5.32 Å².